The summed E-state index contributed by atoms with van der Waals surface area (Å²) in [5, 5.41) is 14.2. The summed E-state index contributed by atoms with van der Waals surface area (Å²) in [6.45, 7) is 5.36. The van der Waals surface area contributed by atoms with E-state index < -0.39 is 5.97 Å². The van der Waals surface area contributed by atoms with Crippen molar-refractivity contribution in [3.63, 3.8) is 0 Å². The maximum Gasteiger partial charge on any atom is 0.354 e. The highest BCUT2D eigenvalue weighted by Crippen LogP contribution is 2.04. The molecule has 0 spiro atoms. The van der Waals surface area contributed by atoms with Crippen LogP contribution >= 0.6 is 0 Å². The molecule has 0 radical (unpaired) electrons. The van der Waals surface area contributed by atoms with Crippen LogP contribution in [-0.4, -0.2) is 39.5 Å². The van der Waals surface area contributed by atoms with Crippen LogP contribution in [0.1, 0.15) is 30.0 Å². The predicted octanol–water partition coefficient (Wildman–Crippen LogP) is 0.420. The molecule has 0 aromatic carbocycles. The average Bonchev–Trinajstić information content (AvgIpc) is 2.24. The zero-order valence-electron chi connectivity index (χ0n) is 10.5. The highest BCUT2D eigenvalue weighted by atomic mass is 16.4. The van der Waals surface area contributed by atoms with Gasteiger partial charge in [-0.2, -0.15) is 0 Å². The number of aryl methyl sites for hydroxylation is 1. The summed E-state index contributed by atoms with van der Waals surface area (Å²) in [5.74, 6) is -1.20. The third-order valence-corrected chi connectivity index (χ3v) is 1.93. The number of rotatable bonds is 5. The molecule has 1 heterocycles. The van der Waals surface area contributed by atoms with Crippen LogP contribution in [0, 0.1) is 6.92 Å². The van der Waals surface area contributed by atoms with Crippen LogP contribution in [0.15, 0.2) is 6.07 Å². The van der Waals surface area contributed by atoms with Crippen molar-refractivity contribution in [2.75, 3.05) is 11.9 Å². The number of hydrogen-bond acceptors (Lipinski definition) is 5. The number of nitrogens with zero attached hydrogens (tertiary/aromatic N) is 2. The molecule has 0 aliphatic heterocycles. The monoisotopic (exact) mass is 252 g/mol. The van der Waals surface area contributed by atoms with E-state index in [-0.39, 0.29) is 30.1 Å². The highest BCUT2D eigenvalue weighted by molar-refractivity contribution is 5.86. The Labute approximate surface area is 105 Å². The Bertz CT molecular complexity index is 460. The van der Waals surface area contributed by atoms with Gasteiger partial charge in [0.15, 0.2) is 5.69 Å². The zero-order chi connectivity index (χ0) is 13.7. The van der Waals surface area contributed by atoms with Crippen molar-refractivity contribution in [2.45, 2.75) is 26.8 Å². The molecule has 0 saturated carbocycles. The lowest BCUT2D eigenvalue weighted by Gasteiger charge is -2.09. The van der Waals surface area contributed by atoms with Crippen LogP contribution < -0.4 is 10.6 Å². The van der Waals surface area contributed by atoms with Crippen molar-refractivity contribution in [2.24, 2.45) is 0 Å². The molecular weight excluding hydrogens is 236 g/mol. The van der Waals surface area contributed by atoms with Crippen molar-refractivity contribution in [1.29, 1.82) is 0 Å². The molecular formula is C11H16N4O3. The first-order valence-electron chi connectivity index (χ1n) is 5.50. The smallest absolute Gasteiger partial charge is 0.354 e. The van der Waals surface area contributed by atoms with Crippen LogP contribution in [0.5, 0.6) is 0 Å². The van der Waals surface area contributed by atoms with Gasteiger partial charge in [0, 0.05) is 11.7 Å². The Kier molecular flexibility index (Phi) is 4.59. The van der Waals surface area contributed by atoms with E-state index in [0.29, 0.717) is 5.69 Å². The molecule has 1 aromatic rings. The topological polar surface area (TPSA) is 104 Å². The summed E-state index contributed by atoms with van der Waals surface area (Å²) < 4.78 is 0. The molecule has 0 aliphatic carbocycles. The molecule has 0 atom stereocenters. The fourth-order valence-electron chi connectivity index (χ4n) is 1.29. The predicted molar refractivity (Wildman–Crippen MR) is 65.5 cm³/mol. The highest BCUT2D eigenvalue weighted by Gasteiger charge is 2.09. The van der Waals surface area contributed by atoms with E-state index in [9.17, 15) is 9.59 Å². The number of carbonyl (C=O) groups is 2. The lowest BCUT2D eigenvalue weighted by atomic mass is 10.3. The molecule has 98 valence electrons. The van der Waals surface area contributed by atoms with Crippen molar-refractivity contribution < 1.29 is 14.7 Å². The zero-order valence-corrected chi connectivity index (χ0v) is 10.5. The molecule has 3 N–H and O–H groups in total. The molecule has 1 rings (SSSR count). The number of carboxylic acid groups (broad SMARTS) is 1. The summed E-state index contributed by atoms with van der Waals surface area (Å²) >= 11 is 0. The molecule has 1 aromatic heterocycles. The van der Waals surface area contributed by atoms with Crippen LogP contribution in [0.25, 0.3) is 0 Å². The Morgan fingerprint density at radius 1 is 1.39 bits per heavy atom. The third kappa shape index (κ3) is 4.36. The first kappa shape index (κ1) is 13.9. The van der Waals surface area contributed by atoms with Crippen molar-refractivity contribution in [1.82, 2.24) is 15.3 Å². The van der Waals surface area contributed by atoms with Crippen LogP contribution in [-0.2, 0) is 4.79 Å². The first-order chi connectivity index (χ1) is 8.38. The van der Waals surface area contributed by atoms with Gasteiger partial charge in [0.2, 0.25) is 11.9 Å². The molecule has 1 amide bonds. The maximum absolute atomic E-state index is 11.4. The standard InChI is InChI=1S/C11H16N4O3/c1-6(2)13-9(16)5-12-11-14-7(3)4-8(15-11)10(17)18/h4,6H,5H2,1-3H3,(H,13,16)(H,17,18)(H,12,14,15). The second-order valence-electron chi connectivity index (χ2n) is 4.10. The van der Waals surface area contributed by atoms with Gasteiger partial charge < -0.3 is 15.7 Å². The number of aromatic nitrogens is 2. The lowest BCUT2D eigenvalue weighted by Crippen LogP contribution is -2.35. The fourth-order valence-corrected chi connectivity index (χ4v) is 1.29. The largest absolute Gasteiger partial charge is 0.477 e. The Hall–Kier alpha value is -2.18. The SMILES string of the molecule is Cc1cc(C(=O)O)nc(NCC(=O)NC(C)C)n1. The van der Waals surface area contributed by atoms with E-state index in [1.54, 1.807) is 6.92 Å². The van der Waals surface area contributed by atoms with E-state index in [2.05, 4.69) is 20.6 Å². The molecule has 0 unspecified atom stereocenters. The summed E-state index contributed by atoms with van der Waals surface area (Å²) in [6.07, 6.45) is 0. The van der Waals surface area contributed by atoms with Gasteiger partial charge in [-0.25, -0.2) is 14.8 Å². The quantitative estimate of drug-likeness (QED) is 0.701. The molecule has 0 bridgehead atoms. The maximum atomic E-state index is 11.4. The molecule has 18 heavy (non-hydrogen) atoms. The van der Waals surface area contributed by atoms with E-state index in [1.165, 1.54) is 6.07 Å². The summed E-state index contributed by atoms with van der Waals surface area (Å²) in [6, 6.07) is 1.41. The molecule has 0 saturated heterocycles. The average molecular weight is 252 g/mol. The van der Waals surface area contributed by atoms with Gasteiger partial charge in [-0.05, 0) is 26.8 Å². The number of anilines is 1. The Balaban J connectivity index is 2.67. The van der Waals surface area contributed by atoms with E-state index in [1.807, 2.05) is 13.8 Å². The minimum Gasteiger partial charge on any atom is -0.477 e. The Morgan fingerprint density at radius 3 is 2.61 bits per heavy atom. The summed E-state index contributed by atoms with van der Waals surface area (Å²) in [5.41, 5.74) is 0.420. The van der Waals surface area contributed by atoms with Crippen LogP contribution in [0.3, 0.4) is 0 Å². The second kappa shape index (κ2) is 5.95. The normalized spacial score (nSPS) is 10.2. The minimum absolute atomic E-state index is 0.000687. The third-order valence-electron chi connectivity index (χ3n) is 1.93. The van der Waals surface area contributed by atoms with E-state index in [0.717, 1.165) is 0 Å². The molecule has 7 heteroatoms. The lowest BCUT2D eigenvalue weighted by molar-refractivity contribution is -0.119. The fraction of sp³-hybridized carbons (Fsp3) is 0.455. The minimum atomic E-state index is -1.13. The number of carbonyl (C=O) groups excluding carboxylic acids is 1. The second-order valence-corrected chi connectivity index (χ2v) is 4.10. The van der Waals surface area contributed by atoms with Gasteiger partial charge in [-0.15, -0.1) is 0 Å². The van der Waals surface area contributed by atoms with E-state index >= 15 is 0 Å². The van der Waals surface area contributed by atoms with Gasteiger partial charge in [0.25, 0.3) is 0 Å². The van der Waals surface area contributed by atoms with Crippen LogP contribution in [0.2, 0.25) is 0 Å². The summed E-state index contributed by atoms with van der Waals surface area (Å²) in [7, 11) is 0. The van der Waals surface area contributed by atoms with Crippen molar-refractivity contribution in [3.05, 3.63) is 17.5 Å². The number of nitrogens with one attached hydrogen (secondary N) is 2. The molecule has 0 aliphatic rings. The van der Waals surface area contributed by atoms with Gasteiger partial charge >= 0.3 is 5.97 Å². The first-order valence-corrected chi connectivity index (χ1v) is 5.50. The van der Waals surface area contributed by atoms with Crippen molar-refractivity contribution in [3.8, 4) is 0 Å². The van der Waals surface area contributed by atoms with Gasteiger partial charge in [0.05, 0.1) is 6.54 Å². The number of carboxylic acids is 1. The van der Waals surface area contributed by atoms with Gasteiger partial charge in [0.1, 0.15) is 0 Å². The summed E-state index contributed by atoms with van der Waals surface area (Å²) in [4.78, 5) is 30.0. The number of hydrogen-bond donors (Lipinski definition) is 3. The van der Waals surface area contributed by atoms with Gasteiger partial charge in [-0.1, -0.05) is 0 Å². The van der Waals surface area contributed by atoms with Crippen LogP contribution in [0.4, 0.5) is 5.95 Å². The van der Waals surface area contributed by atoms with Gasteiger partial charge in [-0.3, -0.25) is 4.79 Å². The number of amides is 1. The Morgan fingerprint density at radius 2 is 2.06 bits per heavy atom. The number of aromatic carboxylic acids is 1. The molecule has 0 fully saturated rings. The van der Waals surface area contributed by atoms with E-state index in [4.69, 9.17) is 5.11 Å². The van der Waals surface area contributed by atoms with Crippen molar-refractivity contribution >= 4 is 17.8 Å². The molecule has 7 nitrogen and oxygen atoms in total.